The van der Waals surface area contributed by atoms with Crippen LogP contribution in [0.2, 0.25) is 0 Å². The molecule has 122 valence electrons. The van der Waals surface area contributed by atoms with Crippen LogP contribution < -0.4 is 10.0 Å². The van der Waals surface area contributed by atoms with Crippen molar-refractivity contribution >= 4 is 21.5 Å². The number of benzene rings is 1. The zero-order valence-electron chi connectivity index (χ0n) is 12.3. The average Bonchev–Trinajstić information content (AvgIpc) is 2.36. The van der Waals surface area contributed by atoms with Crippen LogP contribution in [-0.2, 0) is 14.8 Å². The largest absolute Gasteiger partial charge is 0.352 e. The number of hydrogen-bond donors (Lipinski definition) is 2. The van der Waals surface area contributed by atoms with Crippen molar-refractivity contribution in [1.29, 1.82) is 0 Å². The quantitative estimate of drug-likeness (QED) is 0.586. The molecule has 5 nitrogen and oxygen atoms in total. The highest BCUT2D eigenvalue weighted by Crippen LogP contribution is 2.18. The van der Waals surface area contributed by atoms with Crippen molar-refractivity contribution in [2.75, 3.05) is 19.3 Å². The van der Waals surface area contributed by atoms with E-state index >= 15 is 0 Å². The Morgan fingerprint density at radius 2 is 1.95 bits per heavy atom. The summed E-state index contributed by atoms with van der Waals surface area (Å²) in [5.41, 5.74) is 0.513. The van der Waals surface area contributed by atoms with E-state index in [-0.39, 0.29) is 18.7 Å². The number of allylic oxidation sites excluding steroid dienone is 1. The van der Waals surface area contributed by atoms with Gasteiger partial charge in [-0.15, -0.1) is 0 Å². The van der Waals surface area contributed by atoms with E-state index in [1.807, 2.05) is 0 Å². The van der Waals surface area contributed by atoms with Gasteiger partial charge in [0.25, 0.3) is 0 Å². The number of amides is 1. The molecular formula is C14H18F2N2O3S. The molecule has 0 saturated carbocycles. The fraction of sp³-hybridized carbons (Fsp3) is 0.357. The van der Waals surface area contributed by atoms with Gasteiger partial charge in [0.15, 0.2) is 0 Å². The second-order valence-electron chi connectivity index (χ2n) is 4.76. The molecule has 0 spiro atoms. The van der Waals surface area contributed by atoms with Crippen LogP contribution in [0.15, 0.2) is 24.3 Å². The lowest BCUT2D eigenvalue weighted by molar-refractivity contribution is -0.116. The van der Waals surface area contributed by atoms with Gasteiger partial charge in [-0.2, -0.15) is 0 Å². The van der Waals surface area contributed by atoms with Crippen LogP contribution in [0, 0.1) is 11.6 Å². The van der Waals surface area contributed by atoms with Crippen molar-refractivity contribution in [3.05, 3.63) is 41.5 Å². The SMILES string of the molecule is C/C(=C\C(=O)NCCCNS(C)(=O)=O)c1ccc(F)cc1F. The standard InChI is InChI=1S/C14H18F2N2O3S/c1-10(12-5-4-11(15)9-13(12)16)8-14(19)17-6-3-7-18-22(2,20)21/h4-5,8-9,18H,3,6-7H2,1-2H3,(H,17,19)/b10-8+. The van der Waals surface area contributed by atoms with Gasteiger partial charge in [-0.05, 0) is 31.1 Å². The summed E-state index contributed by atoms with van der Waals surface area (Å²) in [5, 5.41) is 2.55. The number of carbonyl (C=O) groups excluding carboxylic acids is 1. The Balaban J connectivity index is 2.49. The predicted molar refractivity (Wildman–Crippen MR) is 80.5 cm³/mol. The monoisotopic (exact) mass is 332 g/mol. The molecule has 8 heteroatoms. The number of hydrogen-bond acceptors (Lipinski definition) is 3. The van der Waals surface area contributed by atoms with Crippen LogP contribution in [0.25, 0.3) is 5.57 Å². The summed E-state index contributed by atoms with van der Waals surface area (Å²) in [7, 11) is -3.24. The Hall–Kier alpha value is -1.80. The van der Waals surface area contributed by atoms with Gasteiger partial charge >= 0.3 is 0 Å². The maximum atomic E-state index is 13.5. The Bertz CT molecular complexity index is 673. The number of carbonyl (C=O) groups is 1. The third-order valence-corrected chi connectivity index (χ3v) is 3.45. The number of nitrogens with one attached hydrogen (secondary N) is 2. The third-order valence-electron chi connectivity index (χ3n) is 2.72. The van der Waals surface area contributed by atoms with Crippen LogP contribution in [-0.4, -0.2) is 33.7 Å². The van der Waals surface area contributed by atoms with Gasteiger partial charge in [0, 0.05) is 30.8 Å². The van der Waals surface area contributed by atoms with E-state index in [4.69, 9.17) is 0 Å². The molecule has 0 bridgehead atoms. The van der Waals surface area contributed by atoms with Gasteiger partial charge < -0.3 is 5.32 Å². The minimum absolute atomic E-state index is 0.148. The van der Waals surface area contributed by atoms with Crippen LogP contribution >= 0.6 is 0 Å². The third kappa shape index (κ3) is 6.77. The van der Waals surface area contributed by atoms with Gasteiger partial charge in [-0.3, -0.25) is 4.79 Å². The Labute approximate surface area is 128 Å². The molecule has 1 aromatic rings. The predicted octanol–water partition coefficient (Wildman–Crippen LogP) is 1.42. The van der Waals surface area contributed by atoms with E-state index in [0.717, 1.165) is 18.4 Å². The summed E-state index contributed by atoms with van der Waals surface area (Å²) < 4.78 is 50.3. The lowest BCUT2D eigenvalue weighted by atomic mass is 10.1. The summed E-state index contributed by atoms with van der Waals surface area (Å²) in [6.07, 6.45) is 2.69. The second-order valence-corrected chi connectivity index (χ2v) is 6.60. The lowest BCUT2D eigenvalue weighted by Gasteiger charge is -2.06. The summed E-state index contributed by atoms with van der Waals surface area (Å²) in [4.78, 5) is 11.6. The molecule has 0 fully saturated rings. The molecule has 0 saturated heterocycles. The van der Waals surface area contributed by atoms with Gasteiger partial charge in [-0.25, -0.2) is 21.9 Å². The first-order chi connectivity index (χ1) is 10.2. The minimum Gasteiger partial charge on any atom is -0.352 e. The first kappa shape index (κ1) is 18.2. The topological polar surface area (TPSA) is 75.3 Å². The molecule has 2 N–H and O–H groups in total. The molecule has 22 heavy (non-hydrogen) atoms. The van der Waals surface area contributed by atoms with Gasteiger partial charge in [0.05, 0.1) is 6.26 Å². The molecule has 0 aliphatic rings. The number of rotatable bonds is 7. The molecule has 0 heterocycles. The van der Waals surface area contributed by atoms with Gasteiger partial charge in [0.2, 0.25) is 15.9 Å². The van der Waals surface area contributed by atoms with Crippen molar-refractivity contribution < 1.29 is 22.0 Å². The van der Waals surface area contributed by atoms with Crippen LogP contribution in [0.5, 0.6) is 0 Å². The van der Waals surface area contributed by atoms with Gasteiger partial charge in [-0.1, -0.05) is 0 Å². The zero-order valence-corrected chi connectivity index (χ0v) is 13.1. The highest BCUT2D eigenvalue weighted by atomic mass is 32.2. The average molecular weight is 332 g/mol. The van der Waals surface area contributed by atoms with Crippen molar-refractivity contribution in [1.82, 2.24) is 10.0 Å². The van der Waals surface area contributed by atoms with E-state index in [9.17, 15) is 22.0 Å². The fourth-order valence-corrected chi connectivity index (χ4v) is 2.21. The van der Waals surface area contributed by atoms with E-state index in [2.05, 4.69) is 10.0 Å². The molecule has 0 radical (unpaired) electrons. The Kier molecular flexibility index (Phi) is 6.63. The second kappa shape index (κ2) is 8.00. The van der Waals surface area contributed by atoms with E-state index in [1.165, 1.54) is 12.1 Å². The summed E-state index contributed by atoms with van der Waals surface area (Å²) in [6, 6.07) is 3.13. The van der Waals surface area contributed by atoms with E-state index in [0.29, 0.717) is 12.0 Å². The highest BCUT2D eigenvalue weighted by Gasteiger charge is 2.07. The first-order valence-electron chi connectivity index (χ1n) is 6.55. The molecule has 1 aromatic carbocycles. The fourth-order valence-electron chi connectivity index (χ4n) is 1.69. The molecule has 0 aliphatic carbocycles. The summed E-state index contributed by atoms with van der Waals surface area (Å²) in [6.45, 7) is 2.03. The molecule has 0 aromatic heterocycles. The first-order valence-corrected chi connectivity index (χ1v) is 8.44. The Morgan fingerprint density at radius 3 is 2.55 bits per heavy atom. The maximum Gasteiger partial charge on any atom is 0.244 e. The summed E-state index contributed by atoms with van der Waals surface area (Å²) >= 11 is 0. The molecule has 0 atom stereocenters. The zero-order chi connectivity index (χ0) is 16.8. The maximum absolute atomic E-state index is 13.5. The van der Waals surface area contributed by atoms with Crippen molar-refractivity contribution in [3.8, 4) is 0 Å². The molecule has 1 amide bonds. The normalized spacial score (nSPS) is 12.3. The smallest absolute Gasteiger partial charge is 0.244 e. The van der Waals surface area contributed by atoms with Crippen LogP contribution in [0.4, 0.5) is 8.78 Å². The van der Waals surface area contributed by atoms with Crippen molar-refractivity contribution in [3.63, 3.8) is 0 Å². The molecule has 1 rings (SSSR count). The van der Waals surface area contributed by atoms with Crippen molar-refractivity contribution in [2.24, 2.45) is 0 Å². The number of halogens is 2. The van der Waals surface area contributed by atoms with E-state index < -0.39 is 27.6 Å². The number of sulfonamides is 1. The van der Waals surface area contributed by atoms with Gasteiger partial charge in [0.1, 0.15) is 11.6 Å². The van der Waals surface area contributed by atoms with Crippen LogP contribution in [0.1, 0.15) is 18.9 Å². The van der Waals surface area contributed by atoms with Crippen molar-refractivity contribution in [2.45, 2.75) is 13.3 Å². The lowest BCUT2D eigenvalue weighted by Crippen LogP contribution is -2.28. The minimum atomic E-state index is -3.24. The molecule has 0 aliphatic heterocycles. The van der Waals surface area contributed by atoms with Crippen LogP contribution in [0.3, 0.4) is 0 Å². The summed E-state index contributed by atoms with van der Waals surface area (Å²) in [5.74, 6) is -1.85. The highest BCUT2D eigenvalue weighted by molar-refractivity contribution is 7.88. The molecular weight excluding hydrogens is 314 g/mol. The molecule has 0 unspecified atom stereocenters. The van der Waals surface area contributed by atoms with E-state index in [1.54, 1.807) is 6.92 Å². The Morgan fingerprint density at radius 1 is 1.27 bits per heavy atom.